The van der Waals surface area contributed by atoms with Gasteiger partial charge in [0, 0.05) is 26.5 Å². The van der Waals surface area contributed by atoms with E-state index in [4.69, 9.17) is 0 Å². The molecule has 25 heavy (non-hydrogen) atoms. The number of fused-ring (bicyclic) bond motifs is 1. The molecule has 1 heterocycles. The van der Waals surface area contributed by atoms with E-state index >= 15 is 0 Å². The number of rotatable bonds is 5. The van der Waals surface area contributed by atoms with Crippen LogP contribution in [0.3, 0.4) is 0 Å². The highest BCUT2D eigenvalue weighted by Crippen LogP contribution is 2.25. The van der Waals surface area contributed by atoms with Gasteiger partial charge in [0.25, 0.3) is 0 Å². The highest BCUT2D eigenvalue weighted by Gasteiger charge is 2.06. The number of benzene rings is 2. The minimum atomic E-state index is -0.233. The normalized spacial score (nSPS) is 11.1. The van der Waals surface area contributed by atoms with Crippen molar-refractivity contribution in [3.05, 3.63) is 64.8 Å². The number of nitrogens with one attached hydrogen (secondary N) is 1. The maximum atomic E-state index is 12.0. The largest absolute Gasteiger partial charge is 0.507 e. The molecule has 2 aromatic carbocycles. The lowest BCUT2D eigenvalue weighted by Crippen LogP contribution is -2.19. The quantitative estimate of drug-likeness (QED) is 0.375. The van der Waals surface area contributed by atoms with Crippen LogP contribution in [0.1, 0.15) is 5.56 Å². The van der Waals surface area contributed by atoms with Gasteiger partial charge in [-0.25, -0.2) is 5.43 Å². The number of phenolic OH excluding ortho intramolecular Hbond substituents is 1. The fraction of sp³-hybridized carbons (Fsp3) is 0.0556. The Labute approximate surface area is 157 Å². The van der Waals surface area contributed by atoms with E-state index in [9.17, 15) is 9.90 Å². The standard InChI is InChI=1S/C18H14BrN3O2S/c19-14-6-7-15(23)13(9-14)10-21-22-17(24)11-25-16-5-1-3-12-4-2-8-20-18(12)16/h1-10,23H,11H2,(H,22,24)/b21-10-. The molecule has 1 amide bonds. The van der Waals surface area contributed by atoms with Crippen LogP contribution < -0.4 is 5.43 Å². The van der Waals surface area contributed by atoms with E-state index in [-0.39, 0.29) is 17.4 Å². The molecule has 0 aliphatic heterocycles. The van der Waals surface area contributed by atoms with E-state index in [1.54, 1.807) is 24.4 Å². The lowest BCUT2D eigenvalue weighted by Gasteiger charge is -2.04. The summed E-state index contributed by atoms with van der Waals surface area (Å²) >= 11 is 4.72. The smallest absolute Gasteiger partial charge is 0.250 e. The number of carbonyl (C=O) groups excluding carboxylic acids is 1. The Morgan fingerprint density at radius 1 is 1.28 bits per heavy atom. The first-order valence-electron chi connectivity index (χ1n) is 7.40. The van der Waals surface area contributed by atoms with Crippen LogP contribution in [0.25, 0.3) is 10.9 Å². The average molecular weight is 416 g/mol. The number of halogens is 1. The monoisotopic (exact) mass is 415 g/mol. The van der Waals surface area contributed by atoms with Crippen LogP contribution >= 0.6 is 27.7 Å². The molecule has 0 saturated carbocycles. The lowest BCUT2D eigenvalue weighted by atomic mass is 10.2. The number of carbonyl (C=O) groups is 1. The number of para-hydroxylation sites is 1. The van der Waals surface area contributed by atoms with E-state index in [1.165, 1.54) is 18.0 Å². The third-order valence-corrected chi connectivity index (χ3v) is 4.88. The molecule has 0 spiro atoms. The summed E-state index contributed by atoms with van der Waals surface area (Å²) in [5.74, 6) is 0.0818. The Morgan fingerprint density at radius 2 is 2.12 bits per heavy atom. The van der Waals surface area contributed by atoms with Gasteiger partial charge in [-0.05, 0) is 30.3 Å². The summed E-state index contributed by atoms with van der Waals surface area (Å²) in [4.78, 5) is 17.3. The lowest BCUT2D eigenvalue weighted by molar-refractivity contribution is -0.118. The molecule has 0 unspecified atom stereocenters. The minimum absolute atomic E-state index is 0.0948. The van der Waals surface area contributed by atoms with Crippen molar-refractivity contribution < 1.29 is 9.90 Å². The molecule has 0 aliphatic carbocycles. The maximum Gasteiger partial charge on any atom is 0.250 e. The molecule has 2 N–H and O–H groups in total. The molecule has 7 heteroatoms. The van der Waals surface area contributed by atoms with Crippen molar-refractivity contribution in [3.8, 4) is 5.75 Å². The Kier molecular flexibility index (Phi) is 5.67. The van der Waals surface area contributed by atoms with E-state index in [0.717, 1.165) is 20.3 Å². The number of amides is 1. The zero-order valence-electron chi connectivity index (χ0n) is 13.0. The number of phenols is 1. The van der Waals surface area contributed by atoms with Crippen LogP contribution in [0.2, 0.25) is 0 Å². The minimum Gasteiger partial charge on any atom is -0.507 e. The average Bonchev–Trinajstić information content (AvgIpc) is 2.63. The first kappa shape index (κ1) is 17.4. The van der Waals surface area contributed by atoms with Gasteiger partial charge in [-0.1, -0.05) is 34.1 Å². The van der Waals surface area contributed by atoms with E-state index in [0.29, 0.717) is 5.56 Å². The summed E-state index contributed by atoms with van der Waals surface area (Å²) in [7, 11) is 0. The number of hydrogen-bond acceptors (Lipinski definition) is 5. The van der Waals surface area contributed by atoms with Crippen molar-refractivity contribution in [2.24, 2.45) is 5.10 Å². The fourth-order valence-corrected chi connectivity index (χ4v) is 3.38. The Bertz CT molecular complexity index is 941. The number of hydrogen-bond donors (Lipinski definition) is 2. The van der Waals surface area contributed by atoms with Crippen molar-refractivity contribution in [3.63, 3.8) is 0 Å². The van der Waals surface area contributed by atoms with E-state index < -0.39 is 0 Å². The Balaban J connectivity index is 1.59. The number of thioether (sulfide) groups is 1. The topological polar surface area (TPSA) is 74.6 Å². The highest BCUT2D eigenvalue weighted by molar-refractivity contribution is 9.10. The summed E-state index contributed by atoms with van der Waals surface area (Å²) in [5, 5.41) is 14.6. The Hall–Kier alpha value is -2.38. The molecular weight excluding hydrogens is 402 g/mol. The molecule has 0 radical (unpaired) electrons. The van der Waals surface area contributed by atoms with Gasteiger partial charge in [0.05, 0.1) is 17.5 Å². The summed E-state index contributed by atoms with van der Waals surface area (Å²) in [6.07, 6.45) is 3.14. The van der Waals surface area contributed by atoms with E-state index in [2.05, 4.69) is 31.4 Å². The van der Waals surface area contributed by atoms with Gasteiger partial charge < -0.3 is 5.11 Å². The molecule has 0 fully saturated rings. The number of pyridine rings is 1. The molecule has 5 nitrogen and oxygen atoms in total. The second-order valence-corrected chi connectivity index (χ2v) is 7.05. The molecule has 0 aliphatic rings. The predicted molar refractivity (Wildman–Crippen MR) is 104 cm³/mol. The summed E-state index contributed by atoms with van der Waals surface area (Å²) in [6, 6.07) is 14.7. The first-order valence-corrected chi connectivity index (χ1v) is 9.18. The van der Waals surface area contributed by atoms with Crippen LogP contribution in [0, 0.1) is 0 Å². The third kappa shape index (κ3) is 4.58. The van der Waals surface area contributed by atoms with Gasteiger partial charge in [0.1, 0.15) is 5.75 Å². The molecular formula is C18H14BrN3O2S. The molecule has 126 valence electrons. The summed E-state index contributed by atoms with van der Waals surface area (Å²) in [6.45, 7) is 0. The molecule has 1 aromatic heterocycles. The third-order valence-electron chi connectivity index (χ3n) is 3.34. The fourth-order valence-electron chi connectivity index (χ4n) is 2.17. The zero-order valence-corrected chi connectivity index (χ0v) is 15.4. The molecule has 0 bridgehead atoms. The van der Waals surface area contributed by atoms with Crippen LogP contribution in [0.15, 0.2) is 69.2 Å². The van der Waals surface area contributed by atoms with Gasteiger partial charge in [-0.3, -0.25) is 9.78 Å². The maximum absolute atomic E-state index is 12.0. The molecule has 0 atom stereocenters. The van der Waals surface area contributed by atoms with Crippen LogP contribution in [-0.2, 0) is 4.79 Å². The van der Waals surface area contributed by atoms with Gasteiger partial charge in [0.15, 0.2) is 0 Å². The van der Waals surface area contributed by atoms with Crippen molar-refractivity contribution in [2.45, 2.75) is 4.90 Å². The zero-order chi connectivity index (χ0) is 17.6. The van der Waals surface area contributed by atoms with Crippen LogP contribution in [-0.4, -0.2) is 28.0 Å². The molecule has 0 saturated heterocycles. The second-order valence-electron chi connectivity index (χ2n) is 5.12. The van der Waals surface area contributed by atoms with Crippen molar-refractivity contribution in [1.82, 2.24) is 10.4 Å². The van der Waals surface area contributed by atoms with Gasteiger partial charge in [-0.2, -0.15) is 5.10 Å². The van der Waals surface area contributed by atoms with Gasteiger partial charge >= 0.3 is 0 Å². The van der Waals surface area contributed by atoms with Crippen LogP contribution in [0.4, 0.5) is 0 Å². The van der Waals surface area contributed by atoms with Crippen molar-refractivity contribution in [1.29, 1.82) is 0 Å². The SMILES string of the molecule is O=C(CSc1cccc2cccnc12)N/N=C\c1cc(Br)ccc1O. The number of aromatic hydroxyl groups is 1. The number of hydrazone groups is 1. The van der Waals surface area contributed by atoms with Crippen molar-refractivity contribution >= 4 is 50.7 Å². The van der Waals surface area contributed by atoms with Crippen molar-refractivity contribution in [2.75, 3.05) is 5.75 Å². The van der Waals surface area contributed by atoms with E-state index in [1.807, 2.05) is 30.3 Å². The predicted octanol–water partition coefficient (Wildman–Crippen LogP) is 3.95. The molecule has 3 aromatic rings. The Morgan fingerprint density at radius 3 is 3.00 bits per heavy atom. The number of nitrogens with zero attached hydrogens (tertiary/aromatic N) is 2. The first-order chi connectivity index (χ1) is 12.1. The summed E-state index contributed by atoms with van der Waals surface area (Å²) in [5.41, 5.74) is 3.85. The second kappa shape index (κ2) is 8.13. The van der Waals surface area contributed by atoms with Gasteiger partial charge in [0.2, 0.25) is 5.91 Å². The molecule has 3 rings (SSSR count). The van der Waals surface area contributed by atoms with Gasteiger partial charge in [-0.15, -0.1) is 11.8 Å². The number of aromatic nitrogens is 1. The van der Waals surface area contributed by atoms with Crippen LogP contribution in [0.5, 0.6) is 5.75 Å². The summed E-state index contributed by atoms with van der Waals surface area (Å²) < 4.78 is 0.817. The highest BCUT2D eigenvalue weighted by atomic mass is 79.9.